The fourth-order valence-electron chi connectivity index (χ4n) is 1.77. The molecule has 2 rings (SSSR count). The molecule has 0 radical (unpaired) electrons. The maximum absolute atomic E-state index is 10.7. The van der Waals surface area contributed by atoms with Gasteiger partial charge in [-0.05, 0) is 42.3 Å². The molecule has 0 aliphatic heterocycles. The molecule has 3 heteroatoms. The van der Waals surface area contributed by atoms with Crippen molar-refractivity contribution in [2.45, 2.75) is 6.92 Å². The standard InChI is InChI=1S/C17H16O3/c1-2-20-16-11-7-14(8-12-16)4-3-13-5-9-15(10-6-13)17(18)19/h3-12H,2H2,1H3,(H,18,19)/b4-3+. The third kappa shape index (κ3) is 3.72. The Morgan fingerprint density at radius 2 is 1.50 bits per heavy atom. The summed E-state index contributed by atoms with van der Waals surface area (Å²) in [6.07, 6.45) is 3.92. The van der Waals surface area contributed by atoms with Crippen LogP contribution >= 0.6 is 0 Å². The van der Waals surface area contributed by atoms with Crippen LogP contribution in [0.4, 0.5) is 0 Å². The van der Waals surface area contributed by atoms with E-state index < -0.39 is 5.97 Å². The van der Waals surface area contributed by atoms with Gasteiger partial charge in [0.15, 0.2) is 0 Å². The molecule has 1 N–H and O–H groups in total. The molecule has 0 atom stereocenters. The van der Waals surface area contributed by atoms with E-state index in [2.05, 4.69) is 0 Å². The summed E-state index contributed by atoms with van der Waals surface area (Å²) in [5.74, 6) is -0.0532. The largest absolute Gasteiger partial charge is 0.494 e. The lowest BCUT2D eigenvalue weighted by atomic mass is 10.1. The highest BCUT2D eigenvalue weighted by Crippen LogP contribution is 2.15. The minimum Gasteiger partial charge on any atom is -0.494 e. The first-order chi connectivity index (χ1) is 9.69. The lowest BCUT2D eigenvalue weighted by Crippen LogP contribution is -1.94. The summed E-state index contributed by atoms with van der Waals surface area (Å²) in [7, 11) is 0. The number of hydrogen-bond acceptors (Lipinski definition) is 2. The third-order valence-electron chi connectivity index (χ3n) is 2.82. The van der Waals surface area contributed by atoms with Gasteiger partial charge in [-0.25, -0.2) is 4.79 Å². The minimum atomic E-state index is -0.910. The van der Waals surface area contributed by atoms with Gasteiger partial charge in [0, 0.05) is 0 Å². The second-order valence-electron chi connectivity index (χ2n) is 4.26. The Morgan fingerprint density at radius 1 is 1.00 bits per heavy atom. The van der Waals surface area contributed by atoms with Crippen molar-refractivity contribution in [1.29, 1.82) is 0 Å². The average Bonchev–Trinajstić information content (AvgIpc) is 2.47. The van der Waals surface area contributed by atoms with E-state index in [1.54, 1.807) is 24.3 Å². The van der Waals surface area contributed by atoms with Crippen molar-refractivity contribution < 1.29 is 14.6 Å². The number of rotatable bonds is 5. The Bertz CT molecular complexity index is 595. The molecule has 3 nitrogen and oxygen atoms in total. The highest BCUT2D eigenvalue weighted by atomic mass is 16.5. The normalized spacial score (nSPS) is 10.7. The summed E-state index contributed by atoms with van der Waals surface area (Å²) in [5, 5.41) is 8.82. The number of carbonyl (C=O) groups is 1. The highest BCUT2D eigenvalue weighted by Gasteiger charge is 2.00. The van der Waals surface area contributed by atoms with E-state index in [0.717, 1.165) is 16.9 Å². The summed E-state index contributed by atoms with van der Waals surface area (Å²) in [6.45, 7) is 2.61. The van der Waals surface area contributed by atoms with Gasteiger partial charge in [-0.15, -0.1) is 0 Å². The number of carboxylic acids is 1. The van der Waals surface area contributed by atoms with Crippen LogP contribution in [-0.4, -0.2) is 17.7 Å². The van der Waals surface area contributed by atoms with Gasteiger partial charge < -0.3 is 9.84 Å². The van der Waals surface area contributed by atoms with Crippen molar-refractivity contribution in [3.63, 3.8) is 0 Å². The van der Waals surface area contributed by atoms with E-state index in [1.807, 2.05) is 43.3 Å². The van der Waals surface area contributed by atoms with Gasteiger partial charge in [0.2, 0.25) is 0 Å². The van der Waals surface area contributed by atoms with E-state index in [4.69, 9.17) is 9.84 Å². The fraction of sp³-hybridized carbons (Fsp3) is 0.118. The number of carboxylic acid groups (broad SMARTS) is 1. The van der Waals surface area contributed by atoms with Crippen LogP contribution in [0.3, 0.4) is 0 Å². The Kier molecular flexibility index (Phi) is 4.56. The van der Waals surface area contributed by atoms with Gasteiger partial charge >= 0.3 is 5.97 Å². The predicted octanol–water partition coefficient (Wildman–Crippen LogP) is 3.95. The van der Waals surface area contributed by atoms with Crippen molar-refractivity contribution in [3.05, 3.63) is 65.2 Å². The van der Waals surface area contributed by atoms with E-state index in [9.17, 15) is 4.79 Å². The zero-order chi connectivity index (χ0) is 14.4. The molecule has 0 saturated carbocycles. The van der Waals surface area contributed by atoms with Gasteiger partial charge in [0.1, 0.15) is 5.75 Å². The van der Waals surface area contributed by atoms with Gasteiger partial charge in [-0.1, -0.05) is 36.4 Å². The summed E-state index contributed by atoms with van der Waals surface area (Å²) >= 11 is 0. The minimum absolute atomic E-state index is 0.295. The smallest absolute Gasteiger partial charge is 0.335 e. The molecule has 0 saturated heterocycles. The van der Waals surface area contributed by atoms with Crippen LogP contribution in [0.2, 0.25) is 0 Å². The molecule has 2 aromatic rings. The van der Waals surface area contributed by atoms with E-state index in [-0.39, 0.29) is 0 Å². The van der Waals surface area contributed by atoms with Crippen LogP contribution in [0, 0.1) is 0 Å². The molecule has 0 spiro atoms. The van der Waals surface area contributed by atoms with Crippen LogP contribution in [-0.2, 0) is 0 Å². The molecule has 102 valence electrons. The molecule has 0 aliphatic rings. The van der Waals surface area contributed by atoms with Crippen LogP contribution in [0.25, 0.3) is 12.2 Å². The Morgan fingerprint density at radius 3 is 1.95 bits per heavy atom. The third-order valence-corrected chi connectivity index (χ3v) is 2.82. The lowest BCUT2D eigenvalue weighted by molar-refractivity contribution is 0.0697. The molecule has 2 aromatic carbocycles. The van der Waals surface area contributed by atoms with Crippen molar-refractivity contribution in [1.82, 2.24) is 0 Å². The van der Waals surface area contributed by atoms with Gasteiger partial charge in [-0.2, -0.15) is 0 Å². The molecule has 0 aromatic heterocycles. The van der Waals surface area contributed by atoms with Crippen molar-refractivity contribution in [2.75, 3.05) is 6.61 Å². The van der Waals surface area contributed by atoms with Crippen molar-refractivity contribution >= 4 is 18.1 Å². The van der Waals surface area contributed by atoms with Crippen LogP contribution in [0.1, 0.15) is 28.4 Å². The summed E-state index contributed by atoms with van der Waals surface area (Å²) in [4.78, 5) is 10.7. The first kappa shape index (κ1) is 13.9. The van der Waals surface area contributed by atoms with Gasteiger partial charge in [0.25, 0.3) is 0 Å². The lowest BCUT2D eigenvalue weighted by Gasteiger charge is -2.02. The molecule has 0 heterocycles. The predicted molar refractivity (Wildman–Crippen MR) is 79.9 cm³/mol. The van der Waals surface area contributed by atoms with Crippen LogP contribution < -0.4 is 4.74 Å². The zero-order valence-electron chi connectivity index (χ0n) is 11.2. The topological polar surface area (TPSA) is 46.5 Å². The molecule has 0 bridgehead atoms. The van der Waals surface area contributed by atoms with Crippen molar-refractivity contribution in [2.24, 2.45) is 0 Å². The van der Waals surface area contributed by atoms with Crippen molar-refractivity contribution in [3.8, 4) is 5.75 Å². The first-order valence-electron chi connectivity index (χ1n) is 6.43. The Hall–Kier alpha value is -2.55. The molecule has 0 amide bonds. The molecular weight excluding hydrogens is 252 g/mol. The number of hydrogen-bond donors (Lipinski definition) is 1. The molecule has 20 heavy (non-hydrogen) atoms. The van der Waals surface area contributed by atoms with E-state index in [1.165, 1.54) is 0 Å². The monoisotopic (exact) mass is 268 g/mol. The Balaban J connectivity index is 2.06. The van der Waals surface area contributed by atoms with Gasteiger partial charge in [-0.3, -0.25) is 0 Å². The summed E-state index contributed by atoms with van der Waals surface area (Å²) in [5.41, 5.74) is 2.32. The van der Waals surface area contributed by atoms with E-state index >= 15 is 0 Å². The molecule has 0 unspecified atom stereocenters. The van der Waals surface area contributed by atoms with Gasteiger partial charge in [0.05, 0.1) is 12.2 Å². The zero-order valence-corrected chi connectivity index (χ0v) is 11.2. The average molecular weight is 268 g/mol. The molecule has 0 fully saturated rings. The second kappa shape index (κ2) is 6.57. The van der Waals surface area contributed by atoms with Crippen LogP contribution in [0.5, 0.6) is 5.75 Å². The Labute approximate surface area is 118 Å². The summed E-state index contributed by atoms with van der Waals surface area (Å²) < 4.78 is 5.38. The number of ether oxygens (including phenoxy) is 1. The molecule has 0 aliphatic carbocycles. The highest BCUT2D eigenvalue weighted by molar-refractivity contribution is 5.88. The van der Waals surface area contributed by atoms with E-state index in [0.29, 0.717) is 12.2 Å². The first-order valence-corrected chi connectivity index (χ1v) is 6.43. The maximum Gasteiger partial charge on any atom is 0.335 e. The quantitative estimate of drug-likeness (QED) is 0.835. The maximum atomic E-state index is 10.7. The second-order valence-corrected chi connectivity index (χ2v) is 4.26. The number of benzene rings is 2. The fourth-order valence-corrected chi connectivity index (χ4v) is 1.77. The summed E-state index contributed by atoms with van der Waals surface area (Å²) in [6, 6.07) is 14.6. The SMILES string of the molecule is CCOc1ccc(/C=C/c2ccc(C(=O)O)cc2)cc1. The molecular formula is C17H16O3. The number of aromatic carboxylic acids is 1. The van der Waals surface area contributed by atoms with Crippen LogP contribution in [0.15, 0.2) is 48.5 Å².